The molecule has 1 aromatic heterocycles. The predicted octanol–water partition coefficient (Wildman–Crippen LogP) is 5.88. The van der Waals surface area contributed by atoms with Gasteiger partial charge in [-0.15, -0.1) is 10.2 Å². The minimum Gasteiger partial charge on any atom is -0.497 e. The van der Waals surface area contributed by atoms with E-state index in [9.17, 15) is 4.79 Å². The number of nitrogens with zero attached hydrogens (tertiary/aromatic N) is 4. The van der Waals surface area contributed by atoms with Gasteiger partial charge in [0.1, 0.15) is 5.75 Å². The minimum atomic E-state index is -0.249. The summed E-state index contributed by atoms with van der Waals surface area (Å²) < 4.78 is 7.96. The van der Waals surface area contributed by atoms with Crippen LogP contribution in [0.25, 0.3) is 23.2 Å². The zero-order valence-corrected chi connectivity index (χ0v) is 22.2. The fraction of sp³-hybridized carbons (Fsp3) is 0.111. The van der Waals surface area contributed by atoms with Crippen LogP contribution >= 0.6 is 27.7 Å². The van der Waals surface area contributed by atoms with E-state index in [1.165, 1.54) is 11.8 Å². The average Bonchev–Trinajstić information content (AvgIpc) is 3.32. The third-order valence-corrected chi connectivity index (χ3v) is 6.45. The quantitative estimate of drug-likeness (QED) is 0.157. The van der Waals surface area contributed by atoms with Crippen molar-refractivity contribution in [1.82, 2.24) is 20.2 Å². The SMILES string of the molecule is COc1ccc(-c2nnc(SCC(=O)NN=CC(Br)=Cc3ccccc3)n2-c2ccc(C)cc2)cc1. The third-order valence-electron chi connectivity index (χ3n) is 5.09. The number of hydrogen-bond acceptors (Lipinski definition) is 6. The molecular weight excluding hydrogens is 538 g/mol. The van der Waals surface area contributed by atoms with Gasteiger partial charge in [-0.1, -0.05) is 59.8 Å². The molecule has 0 spiro atoms. The number of carbonyl (C=O) groups is 1. The zero-order chi connectivity index (χ0) is 25.3. The largest absolute Gasteiger partial charge is 0.497 e. The van der Waals surface area contributed by atoms with Gasteiger partial charge in [0.05, 0.1) is 19.1 Å². The maximum absolute atomic E-state index is 12.4. The van der Waals surface area contributed by atoms with Gasteiger partial charge in [-0.25, -0.2) is 5.43 Å². The zero-order valence-electron chi connectivity index (χ0n) is 19.8. The summed E-state index contributed by atoms with van der Waals surface area (Å²) in [4.78, 5) is 12.4. The first-order chi connectivity index (χ1) is 17.5. The Balaban J connectivity index is 1.47. The molecule has 1 amide bonds. The maximum Gasteiger partial charge on any atom is 0.250 e. The first-order valence-electron chi connectivity index (χ1n) is 11.1. The monoisotopic (exact) mass is 561 g/mol. The molecule has 0 aliphatic rings. The summed E-state index contributed by atoms with van der Waals surface area (Å²) in [5.74, 6) is 1.32. The van der Waals surface area contributed by atoms with Crippen LogP contribution in [0.15, 0.2) is 93.6 Å². The number of benzene rings is 3. The van der Waals surface area contributed by atoms with Crippen LogP contribution in [0, 0.1) is 6.92 Å². The summed E-state index contributed by atoms with van der Waals surface area (Å²) in [6.07, 6.45) is 3.46. The summed E-state index contributed by atoms with van der Waals surface area (Å²) in [5, 5.41) is 13.4. The number of thioether (sulfide) groups is 1. The fourth-order valence-corrected chi connectivity index (χ4v) is 4.40. The van der Waals surface area contributed by atoms with Crippen molar-refractivity contribution in [2.45, 2.75) is 12.1 Å². The number of allylic oxidation sites excluding steroid dienone is 1. The van der Waals surface area contributed by atoms with Gasteiger partial charge in [0.15, 0.2) is 11.0 Å². The molecule has 4 aromatic rings. The number of carbonyl (C=O) groups excluding carboxylic acids is 1. The Morgan fingerprint density at radius 2 is 1.78 bits per heavy atom. The molecule has 0 atom stereocenters. The van der Waals surface area contributed by atoms with Gasteiger partial charge < -0.3 is 4.74 Å². The van der Waals surface area contributed by atoms with Crippen molar-refractivity contribution >= 4 is 45.9 Å². The van der Waals surface area contributed by atoms with E-state index >= 15 is 0 Å². The molecule has 0 unspecified atom stereocenters. The lowest BCUT2D eigenvalue weighted by Crippen LogP contribution is -2.19. The highest BCUT2D eigenvalue weighted by atomic mass is 79.9. The predicted molar refractivity (Wildman–Crippen MR) is 149 cm³/mol. The molecule has 0 saturated carbocycles. The van der Waals surface area contributed by atoms with E-state index in [4.69, 9.17) is 4.74 Å². The highest BCUT2D eigenvalue weighted by Gasteiger charge is 2.17. The number of rotatable bonds is 9. The van der Waals surface area contributed by atoms with Crippen LogP contribution in [0.2, 0.25) is 0 Å². The number of nitrogens with one attached hydrogen (secondary N) is 1. The number of amides is 1. The van der Waals surface area contributed by atoms with E-state index in [0.717, 1.165) is 32.6 Å². The Morgan fingerprint density at radius 1 is 1.06 bits per heavy atom. The van der Waals surface area contributed by atoms with Gasteiger partial charge >= 0.3 is 0 Å². The number of aromatic nitrogens is 3. The minimum absolute atomic E-state index is 0.129. The molecule has 0 bridgehead atoms. The molecule has 1 heterocycles. The lowest BCUT2D eigenvalue weighted by molar-refractivity contribution is -0.118. The van der Waals surface area contributed by atoms with Crippen LogP contribution in [-0.2, 0) is 4.79 Å². The lowest BCUT2D eigenvalue weighted by atomic mass is 10.2. The molecule has 0 saturated heterocycles. The van der Waals surface area contributed by atoms with Crippen molar-refractivity contribution in [1.29, 1.82) is 0 Å². The van der Waals surface area contributed by atoms with E-state index in [1.54, 1.807) is 13.3 Å². The van der Waals surface area contributed by atoms with Gasteiger partial charge in [0.2, 0.25) is 0 Å². The van der Waals surface area contributed by atoms with E-state index in [1.807, 2.05) is 96.4 Å². The normalized spacial score (nSPS) is 11.6. The molecule has 0 fully saturated rings. The summed E-state index contributed by atoms with van der Waals surface area (Å²) in [6.45, 7) is 2.04. The lowest BCUT2D eigenvalue weighted by Gasteiger charge is -2.11. The van der Waals surface area contributed by atoms with Crippen LogP contribution in [0.4, 0.5) is 0 Å². The van der Waals surface area contributed by atoms with Crippen molar-refractivity contribution < 1.29 is 9.53 Å². The Bertz CT molecular complexity index is 1370. The van der Waals surface area contributed by atoms with Gasteiger partial charge in [-0.3, -0.25) is 9.36 Å². The topological polar surface area (TPSA) is 81.4 Å². The molecule has 0 aliphatic carbocycles. The van der Waals surface area contributed by atoms with E-state index in [0.29, 0.717) is 11.0 Å². The summed E-state index contributed by atoms with van der Waals surface area (Å²) in [7, 11) is 1.63. The van der Waals surface area contributed by atoms with Crippen molar-refractivity contribution in [3.05, 3.63) is 94.5 Å². The Kier molecular flexibility index (Phi) is 8.70. The first kappa shape index (κ1) is 25.4. The molecule has 7 nitrogen and oxygen atoms in total. The Hall–Kier alpha value is -3.69. The highest BCUT2D eigenvalue weighted by Crippen LogP contribution is 2.29. The number of hydrazone groups is 1. The second kappa shape index (κ2) is 12.3. The summed E-state index contributed by atoms with van der Waals surface area (Å²) >= 11 is 4.73. The van der Waals surface area contributed by atoms with Crippen molar-refractivity contribution in [3.63, 3.8) is 0 Å². The van der Waals surface area contributed by atoms with E-state index < -0.39 is 0 Å². The van der Waals surface area contributed by atoms with Crippen LogP contribution in [0.3, 0.4) is 0 Å². The van der Waals surface area contributed by atoms with Gasteiger partial charge in [-0.2, -0.15) is 5.10 Å². The van der Waals surface area contributed by atoms with Crippen LogP contribution in [-0.4, -0.2) is 39.7 Å². The van der Waals surface area contributed by atoms with Crippen molar-refractivity contribution in [2.24, 2.45) is 5.10 Å². The second-order valence-electron chi connectivity index (χ2n) is 7.73. The molecule has 9 heteroatoms. The van der Waals surface area contributed by atoms with E-state index in [-0.39, 0.29) is 11.7 Å². The molecule has 3 aromatic carbocycles. The Morgan fingerprint density at radius 3 is 2.47 bits per heavy atom. The van der Waals surface area contributed by atoms with E-state index in [2.05, 4.69) is 36.7 Å². The Labute approximate surface area is 222 Å². The smallest absolute Gasteiger partial charge is 0.250 e. The summed E-state index contributed by atoms with van der Waals surface area (Å²) in [6, 6.07) is 25.5. The number of ether oxygens (including phenoxy) is 1. The summed E-state index contributed by atoms with van der Waals surface area (Å²) in [5.41, 5.74) is 6.53. The maximum atomic E-state index is 12.4. The van der Waals surface area contributed by atoms with Crippen molar-refractivity contribution in [2.75, 3.05) is 12.9 Å². The molecule has 182 valence electrons. The van der Waals surface area contributed by atoms with Crippen LogP contribution < -0.4 is 10.2 Å². The number of methoxy groups -OCH3 is 1. The molecule has 1 N–H and O–H groups in total. The first-order valence-corrected chi connectivity index (χ1v) is 12.8. The van der Waals surface area contributed by atoms with Gasteiger partial charge in [-0.05, 0) is 70.9 Å². The van der Waals surface area contributed by atoms with Crippen molar-refractivity contribution in [3.8, 4) is 22.8 Å². The third kappa shape index (κ3) is 6.71. The standard InChI is InChI=1S/C27H24BrN5O2S/c1-19-8-12-23(13-9-19)33-26(21-10-14-24(35-2)15-11-21)31-32-27(33)36-18-25(34)30-29-17-22(28)16-20-6-4-3-5-7-20/h3-17H,18H2,1-2H3,(H,30,34). The number of hydrogen-bond donors (Lipinski definition) is 1. The van der Waals surface area contributed by atoms with Crippen LogP contribution in [0.5, 0.6) is 5.75 Å². The second-order valence-corrected chi connectivity index (χ2v) is 9.59. The number of aryl methyl sites for hydroxylation is 1. The van der Waals surface area contributed by atoms with Gasteiger partial charge in [0.25, 0.3) is 5.91 Å². The van der Waals surface area contributed by atoms with Crippen LogP contribution in [0.1, 0.15) is 11.1 Å². The highest BCUT2D eigenvalue weighted by molar-refractivity contribution is 9.12. The number of halogens is 1. The van der Waals surface area contributed by atoms with Gasteiger partial charge in [0, 0.05) is 15.7 Å². The molecular formula is C27H24BrN5O2S. The molecule has 4 rings (SSSR count). The average molecular weight is 562 g/mol. The fourth-order valence-electron chi connectivity index (χ4n) is 3.29. The molecule has 36 heavy (non-hydrogen) atoms. The molecule has 0 radical (unpaired) electrons. The molecule has 0 aliphatic heterocycles.